The minimum Gasteiger partial charge on any atom is -0.394 e. The monoisotopic (exact) mass is 1120 g/mol. The Morgan fingerprint density at radius 2 is 0.873 bits per heavy atom. The standard InChI is InChI=1S/C65H113NO13/c1-3-5-7-9-11-13-14-15-16-17-18-19-20-21-22-23-24-25-26-27-28-29-30-31-32-33-34-35-36-37-38-39-40-41-43-45-47-49-57(70)66-53(54(69)48-46-44-42-12-10-8-6-4-2)52-76-64-62(75)60(73)63(56(51-68)78-64)79-65-61(74)59(72)58(71)55(50-67)77-65/h5,7,11,13,15-16,18-19,21-22,24-25,46,48,53-56,58-65,67-69,71-75H,3-4,6,8-10,12,14,17,20,23,26-45,47,49-52H2,1-2H3,(H,66,70)/b7-5-,13-11-,16-15-,19-18-,22-21-,25-24-,48-46+. The summed E-state index contributed by atoms with van der Waals surface area (Å²) in [6, 6.07) is -0.914. The molecule has 9 N–H and O–H groups in total. The van der Waals surface area contributed by atoms with Crippen molar-refractivity contribution < 1.29 is 64.6 Å². The third-order valence-electron chi connectivity index (χ3n) is 14.8. The van der Waals surface area contributed by atoms with Crippen LogP contribution in [0.3, 0.4) is 0 Å². The third kappa shape index (κ3) is 35.0. The minimum atomic E-state index is -1.79. The molecule has 2 aliphatic heterocycles. The molecule has 2 saturated heterocycles. The van der Waals surface area contributed by atoms with Gasteiger partial charge in [-0.2, -0.15) is 0 Å². The molecule has 79 heavy (non-hydrogen) atoms. The average Bonchev–Trinajstić information content (AvgIpc) is 3.47. The van der Waals surface area contributed by atoms with Gasteiger partial charge in [0.2, 0.25) is 5.91 Å². The first-order chi connectivity index (χ1) is 38.6. The summed E-state index contributed by atoms with van der Waals surface area (Å²) in [5.41, 5.74) is 0. The first-order valence-corrected chi connectivity index (χ1v) is 31.3. The Kier molecular flexibility index (Phi) is 45.5. The molecule has 0 saturated carbocycles. The highest BCUT2D eigenvalue weighted by molar-refractivity contribution is 5.76. The maximum Gasteiger partial charge on any atom is 0.220 e. The van der Waals surface area contributed by atoms with Crippen LogP contribution in [0.25, 0.3) is 0 Å². The molecule has 2 heterocycles. The van der Waals surface area contributed by atoms with Gasteiger partial charge < -0.3 is 65.1 Å². The summed E-state index contributed by atoms with van der Waals surface area (Å²) < 4.78 is 22.7. The van der Waals surface area contributed by atoms with Crippen molar-refractivity contribution in [1.82, 2.24) is 5.32 Å². The van der Waals surface area contributed by atoms with Crippen molar-refractivity contribution in [1.29, 1.82) is 0 Å². The fraction of sp³-hybridized carbons (Fsp3) is 0.769. The van der Waals surface area contributed by atoms with Crippen LogP contribution in [0, 0.1) is 0 Å². The summed E-state index contributed by atoms with van der Waals surface area (Å²) >= 11 is 0. The lowest BCUT2D eigenvalue weighted by Gasteiger charge is -2.46. The van der Waals surface area contributed by atoms with Gasteiger partial charge in [-0.25, -0.2) is 0 Å². The Morgan fingerprint density at radius 3 is 1.34 bits per heavy atom. The normalized spacial score (nSPS) is 25.0. The number of allylic oxidation sites excluding steroid dienone is 13. The summed E-state index contributed by atoms with van der Waals surface area (Å²) in [7, 11) is 0. The number of unbranched alkanes of at least 4 members (excludes halogenated alkanes) is 24. The quantitative estimate of drug-likeness (QED) is 0.0204. The van der Waals surface area contributed by atoms with Crippen molar-refractivity contribution in [2.45, 2.75) is 299 Å². The molecule has 2 aliphatic rings. The summed E-state index contributed by atoms with van der Waals surface area (Å²) in [5, 5.41) is 86.7. The van der Waals surface area contributed by atoms with Crippen LogP contribution in [-0.4, -0.2) is 140 Å². The molecule has 0 radical (unpaired) electrons. The van der Waals surface area contributed by atoms with E-state index in [-0.39, 0.29) is 18.9 Å². The molecule has 2 fully saturated rings. The molecule has 14 nitrogen and oxygen atoms in total. The average molecular weight is 1120 g/mol. The molecule has 0 aliphatic carbocycles. The number of amides is 1. The van der Waals surface area contributed by atoms with Crippen LogP contribution in [0.2, 0.25) is 0 Å². The Balaban J connectivity index is 1.55. The second-order valence-electron chi connectivity index (χ2n) is 21.8. The van der Waals surface area contributed by atoms with E-state index in [4.69, 9.17) is 18.9 Å². The van der Waals surface area contributed by atoms with Gasteiger partial charge >= 0.3 is 0 Å². The van der Waals surface area contributed by atoms with Gasteiger partial charge in [0.1, 0.15) is 48.8 Å². The molecule has 1 amide bonds. The summed E-state index contributed by atoms with van der Waals surface area (Å²) in [4.78, 5) is 13.2. The number of rotatable bonds is 49. The second-order valence-corrected chi connectivity index (χ2v) is 21.8. The minimum absolute atomic E-state index is 0.244. The number of nitrogens with one attached hydrogen (secondary N) is 1. The Bertz CT molecular complexity index is 1650. The molecular weight excluding hydrogens is 1000 g/mol. The van der Waals surface area contributed by atoms with Gasteiger partial charge in [-0.05, 0) is 70.6 Å². The third-order valence-corrected chi connectivity index (χ3v) is 14.8. The van der Waals surface area contributed by atoms with Crippen LogP contribution in [-0.2, 0) is 23.7 Å². The number of ether oxygens (including phenoxy) is 4. The highest BCUT2D eigenvalue weighted by Crippen LogP contribution is 2.30. The van der Waals surface area contributed by atoms with E-state index < -0.39 is 86.8 Å². The molecule has 14 heteroatoms. The van der Waals surface area contributed by atoms with Crippen LogP contribution in [0.1, 0.15) is 226 Å². The molecule has 0 aromatic rings. The molecule has 0 bridgehead atoms. The summed E-state index contributed by atoms with van der Waals surface area (Å²) in [6.45, 7) is 2.62. The van der Waals surface area contributed by atoms with Gasteiger partial charge in [0, 0.05) is 6.42 Å². The highest BCUT2D eigenvalue weighted by Gasteiger charge is 2.51. The predicted octanol–water partition coefficient (Wildman–Crippen LogP) is 11.3. The maximum atomic E-state index is 13.2. The first-order valence-electron chi connectivity index (χ1n) is 31.3. The zero-order chi connectivity index (χ0) is 57.4. The van der Waals surface area contributed by atoms with Gasteiger partial charge in [-0.15, -0.1) is 0 Å². The lowest BCUT2D eigenvalue weighted by Crippen LogP contribution is -2.65. The number of carbonyl (C=O) groups excluding carboxylic acids is 1. The van der Waals surface area contributed by atoms with Crippen molar-refractivity contribution in [2.24, 2.45) is 0 Å². The van der Waals surface area contributed by atoms with E-state index in [0.29, 0.717) is 6.42 Å². The zero-order valence-corrected chi connectivity index (χ0v) is 49.1. The van der Waals surface area contributed by atoms with E-state index >= 15 is 0 Å². The van der Waals surface area contributed by atoms with Gasteiger partial charge in [0.25, 0.3) is 0 Å². The van der Waals surface area contributed by atoms with Crippen LogP contribution < -0.4 is 5.32 Å². The fourth-order valence-corrected chi connectivity index (χ4v) is 9.82. The van der Waals surface area contributed by atoms with Gasteiger partial charge in [-0.1, -0.05) is 234 Å². The molecule has 12 atom stereocenters. The van der Waals surface area contributed by atoms with Crippen molar-refractivity contribution in [2.75, 3.05) is 19.8 Å². The predicted molar refractivity (Wildman–Crippen MR) is 318 cm³/mol. The van der Waals surface area contributed by atoms with Crippen molar-refractivity contribution in [3.8, 4) is 0 Å². The van der Waals surface area contributed by atoms with Gasteiger partial charge in [-0.3, -0.25) is 4.79 Å². The number of hydrogen-bond donors (Lipinski definition) is 9. The van der Waals surface area contributed by atoms with Crippen LogP contribution >= 0.6 is 0 Å². The van der Waals surface area contributed by atoms with E-state index in [0.717, 1.165) is 83.5 Å². The van der Waals surface area contributed by atoms with Crippen LogP contribution in [0.15, 0.2) is 85.1 Å². The van der Waals surface area contributed by atoms with E-state index in [1.54, 1.807) is 6.08 Å². The van der Waals surface area contributed by atoms with E-state index in [2.05, 4.69) is 92.1 Å². The van der Waals surface area contributed by atoms with E-state index in [1.165, 1.54) is 116 Å². The van der Waals surface area contributed by atoms with Crippen molar-refractivity contribution in [3.05, 3.63) is 85.1 Å². The van der Waals surface area contributed by atoms with Gasteiger partial charge in [0.05, 0.1) is 32.0 Å². The van der Waals surface area contributed by atoms with Gasteiger partial charge in [0.15, 0.2) is 12.6 Å². The molecule has 12 unspecified atom stereocenters. The summed E-state index contributed by atoms with van der Waals surface area (Å²) in [6.07, 6.45) is 51.1. The number of aliphatic hydroxyl groups is 8. The molecule has 2 rings (SSSR count). The topological polar surface area (TPSA) is 228 Å². The molecule has 0 aromatic heterocycles. The Labute approximate surface area is 478 Å². The number of aliphatic hydroxyl groups excluding tert-OH is 8. The molecule has 0 spiro atoms. The maximum absolute atomic E-state index is 13.2. The SMILES string of the molecule is CC/C=C\C/C=C\C/C=C\C/C=C\C/C=C\C/C=C\CCCCCCCCCCCCCCCCCCCCC(=O)NC(COC1OC(CO)C(OC2OC(CO)C(O)C(O)C2O)C(O)C1O)C(O)/C=C/CCCCCCCC. The number of hydrogen-bond acceptors (Lipinski definition) is 13. The lowest BCUT2D eigenvalue weighted by atomic mass is 9.97. The first kappa shape index (κ1) is 72.3. The molecular formula is C65H113NO13. The van der Waals surface area contributed by atoms with E-state index in [1.807, 2.05) is 6.08 Å². The smallest absolute Gasteiger partial charge is 0.220 e. The second kappa shape index (κ2) is 49.8. The zero-order valence-electron chi connectivity index (χ0n) is 49.1. The largest absolute Gasteiger partial charge is 0.394 e. The fourth-order valence-electron chi connectivity index (χ4n) is 9.82. The van der Waals surface area contributed by atoms with Crippen LogP contribution in [0.4, 0.5) is 0 Å². The van der Waals surface area contributed by atoms with Crippen molar-refractivity contribution in [3.63, 3.8) is 0 Å². The van der Waals surface area contributed by atoms with E-state index in [9.17, 15) is 45.6 Å². The van der Waals surface area contributed by atoms with Crippen molar-refractivity contribution >= 4 is 5.91 Å². The Morgan fingerprint density at radius 1 is 0.468 bits per heavy atom. The molecule has 456 valence electrons. The lowest BCUT2D eigenvalue weighted by molar-refractivity contribution is -0.359. The Hall–Kier alpha value is -2.83. The molecule has 0 aromatic carbocycles. The number of carbonyl (C=O) groups is 1. The van der Waals surface area contributed by atoms with Crippen LogP contribution in [0.5, 0.6) is 0 Å². The summed E-state index contributed by atoms with van der Waals surface area (Å²) in [5.74, 6) is -0.244. The highest BCUT2D eigenvalue weighted by atomic mass is 16.7.